The molecular weight excluding hydrogens is 142 g/mol. The average Bonchev–Trinajstić information content (AvgIpc) is 2.27. The minimum Gasteiger partial charge on any atom is -0.408 e. The number of nitrogens with one attached hydrogen (secondary N) is 1. The standard InChI is InChI=1S/C8H9NO2/c1-5-2-3-7-6(4-5)9-8(10)11-7/h3-5H,2H2,1H3,(H,9,10)/t5-/m1/s1. The van der Waals surface area contributed by atoms with Crippen molar-refractivity contribution in [3.05, 3.63) is 21.3 Å². The van der Waals surface area contributed by atoms with E-state index in [0.29, 0.717) is 11.3 Å². The Labute approximate surface area is 63.0 Å². The van der Waals surface area contributed by atoms with Crippen LogP contribution in [0, 0.1) is 5.92 Å². The van der Waals surface area contributed by atoms with E-state index in [-0.39, 0.29) is 5.76 Å². The summed E-state index contributed by atoms with van der Waals surface area (Å²) in [6.45, 7) is 2.10. The first kappa shape index (κ1) is 6.46. The van der Waals surface area contributed by atoms with Crippen molar-refractivity contribution in [1.29, 1.82) is 0 Å². The van der Waals surface area contributed by atoms with Crippen LogP contribution in [-0.2, 0) is 0 Å². The molecule has 0 saturated heterocycles. The third-order valence-corrected chi connectivity index (χ3v) is 1.83. The van der Waals surface area contributed by atoms with Crippen LogP contribution >= 0.6 is 0 Å². The van der Waals surface area contributed by atoms with Gasteiger partial charge in [-0.3, -0.25) is 4.98 Å². The summed E-state index contributed by atoms with van der Waals surface area (Å²) in [5, 5.41) is 0.828. The van der Waals surface area contributed by atoms with Gasteiger partial charge in [-0.25, -0.2) is 4.79 Å². The van der Waals surface area contributed by atoms with Crippen LogP contribution in [-0.4, -0.2) is 4.98 Å². The lowest BCUT2D eigenvalue weighted by molar-refractivity contribution is 0.482. The van der Waals surface area contributed by atoms with Crippen molar-refractivity contribution in [2.24, 2.45) is 5.92 Å². The van der Waals surface area contributed by atoms with Crippen LogP contribution in [0.4, 0.5) is 0 Å². The summed E-state index contributed by atoms with van der Waals surface area (Å²) in [7, 11) is 0. The van der Waals surface area contributed by atoms with E-state index in [1.165, 1.54) is 0 Å². The molecule has 0 spiro atoms. The molecule has 1 atom stereocenters. The van der Waals surface area contributed by atoms with Gasteiger partial charge in [0.25, 0.3) is 0 Å². The Bertz CT molecular complexity index is 424. The second-order valence-corrected chi connectivity index (χ2v) is 2.88. The fourth-order valence-corrected chi connectivity index (χ4v) is 1.27. The maximum Gasteiger partial charge on any atom is 0.417 e. The monoisotopic (exact) mass is 151 g/mol. The Morgan fingerprint density at radius 3 is 3.36 bits per heavy atom. The van der Waals surface area contributed by atoms with E-state index in [1.807, 2.05) is 12.2 Å². The van der Waals surface area contributed by atoms with E-state index in [0.717, 1.165) is 11.8 Å². The average molecular weight is 151 g/mol. The minimum absolute atomic E-state index is 0.364. The summed E-state index contributed by atoms with van der Waals surface area (Å²) < 4.78 is 4.86. The molecule has 1 N–H and O–H groups in total. The summed E-state index contributed by atoms with van der Waals surface area (Å²) in [4.78, 5) is 13.3. The van der Waals surface area contributed by atoms with Gasteiger partial charge in [0.1, 0.15) is 0 Å². The molecule has 11 heavy (non-hydrogen) atoms. The molecule has 0 radical (unpaired) electrons. The Balaban J connectivity index is 2.82. The second-order valence-electron chi connectivity index (χ2n) is 2.88. The number of rotatable bonds is 0. The molecule has 0 amide bonds. The topological polar surface area (TPSA) is 46.0 Å². The van der Waals surface area contributed by atoms with E-state index in [2.05, 4.69) is 11.9 Å². The van der Waals surface area contributed by atoms with E-state index in [1.54, 1.807) is 0 Å². The number of hydrogen-bond donors (Lipinski definition) is 1. The molecular formula is C8H9NO2. The van der Waals surface area contributed by atoms with E-state index in [9.17, 15) is 4.79 Å². The van der Waals surface area contributed by atoms with Crippen molar-refractivity contribution in [2.45, 2.75) is 13.3 Å². The number of hydrogen-bond acceptors (Lipinski definition) is 2. The van der Waals surface area contributed by atoms with Crippen molar-refractivity contribution in [3.8, 4) is 0 Å². The quantitative estimate of drug-likeness (QED) is 0.546. The molecule has 0 bridgehead atoms. The second kappa shape index (κ2) is 2.12. The maximum atomic E-state index is 10.7. The van der Waals surface area contributed by atoms with Crippen molar-refractivity contribution in [2.75, 3.05) is 0 Å². The number of fused-ring (bicyclic) bond motifs is 1. The van der Waals surface area contributed by atoms with Gasteiger partial charge in [0, 0.05) is 0 Å². The number of oxazole rings is 1. The molecule has 0 saturated carbocycles. The van der Waals surface area contributed by atoms with E-state index in [4.69, 9.17) is 4.42 Å². The van der Waals surface area contributed by atoms with Gasteiger partial charge in [0.05, 0.1) is 5.35 Å². The van der Waals surface area contributed by atoms with Gasteiger partial charge in [-0.2, -0.15) is 0 Å². The lowest BCUT2D eigenvalue weighted by atomic mass is 10.0. The molecule has 3 heteroatoms. The largest absolute Gasteiger partial charge is 0.417 e. The molecule has 0 fully saturated rings. The van der Waals surface area contributed by atoms with Crippen LogP contribution in [0.15, 0.2) is 9.21 Å². The maximum absolute atomic E-state index is 10.7. The molecule has 1 aliphatic rings. The summed E-state index contributed by atoms with van der Waals surface area (Å²) >= 11 is 0. The third kappa shape index (κ3) is 1.02. The Morgan fingerprint density at radius 2 is 2.55 bits per heavy atom. The zero-order chi connectivity index (χ0) is 7.84. The lowest BCUT2D eigenvalue weighted by Gasteiger charge is -2.01. The van der Waals surface area contributed by atoms with Crippen LogP contribution in [0.2, 0.25) is 0 Å². The smallest absolute Gasteiger partial charge is 0.408 e. The van der Waals surface area contributed by atoms with Gasteiger partial charge in [-0.1, -0.05) is 13.0 Å². The van der Waals surface area contributed by atoms with Gasteiger partial charge in [0.2, 0.25) is 0 Å². The summed E-state index contributed by atoms with van der Waals surface area (Å²) in [5.41, 5.74) is 0.688. The highest BCUT2D eigenvalue weighted by Crippen LogP contribution is 2.04. The molecule has 58 valence electrons. The molecule has 0 aromatic carbocycles. The molecule has 0 unspecified atom stereocenters. The van der Waals surface area contributed by atoms with Crippen molar-refractivity contribution in [1.82, 2.24) is 4.98 Å². The van der Waals surface area contributed by atoms with Crippen LogP contribution in [0.1, 0.15) is 13.3 Å². The molecule has 3 nitrogen and oxygen atoms in total. The number of aromatic amines is 1. The van der Waals surface area contributed by atoms with E-state index >= 15 is 0 Å². The van der Waals surface area contributed by atoms with Crippen LogP contribution in [0.3, 0.4) is 0 Å². The van der Waals surface area contributed by atoms with Gasteiger partial charge in [-0.05, 0) is 18.4 Å². The number of aromatic nitrogens is 1. The van der Waals surface area contributed by atoms with Crippen molar-refractivity contribution >= 4 is 12.2 Å². The van der Waals surface area contributed by atoms with E-state index < -0.39 is 0 Å². The molecule has 0 aliphatic heterocycles. The highest BCUT2D eigenvalue weighted by Gasteiger charge is 2.03. The Morgan fingerprint density at radius 1 is 1.73 bits per heavy atom. The SMILES string of the molecule is C[C@H]1C=c2[nH]c(=O)oc2=CC1. The molecule has 1 aromatic heterocycles. The summed E-state index contributed by atoms with van der Waals surface area (Å²) in [6, 6.07) is 0. The highest BCUT2D eigenvalue weighted by atomic mass is 16.4. The summed E-state index contributed by atoms with van der Waals surface area (Å²) in [6.07, 6.45) is 4.91. The fourth-order valence-electron chi connectivity index (χ4n) is 1.27. The van der Waals surface area contributed by atoms with Crippen LogP contribution in [0.25, 0.3) is 12.2 Å². The van der Waals surface area contributed by atoms with Gasteiger partial charge >= 0.3 is 5.76 Å². The Kier molecular flexibility index (Phi) is 1.24. The number of H-pyrrole nitrogens is 1. The normalized spacial score (nSPS) is 21.7. The predicted octanol–water partition coefficient (Wildman–Crippen LogP) is -0.431. The van der Waals surface area contributed by atoms with Crippen LogP contribution in [0.5, 0.6) is 0 Å². The zero-order valence-electron chi connectivity index (χ0n) is 6.26. The molecule has 1 heterocycles. The van der Waals surface area contributed by atoms with Crippen LogP contribution < -0.4 is 16.5 Å². The van der Waals surface area contributed by atoms with Crippen molar-refractivity contribution in [3.63, 3.8) is 0 Å². The summed E-state index contributed by atoms with van der Waals surface area (Å²) in [5.74, 6) is 0.132. The predicted molar refractivity (Wildman–Crippen MR) is 41.3 cm³/mol. The first-order chi connectivity index (χ1) is 5.25. The van der Waals surface area contributed by atoms with Gasteiger partial charge < -0.3 is 4.42 Å². The van der Waals surface area contributed by atoms with Gasteiger partial charge in [-0.15, -0.1) is 0 Å². The van der Waals surface area contributed by atoms with Gasteiger partial charge in [0.15, 0.2) is 5.42 Å². The first-order valence-electron chi connectivity index (χ1n) is 3.67. The minimum atomic E-state index is -0.364. The highest BCUT2D eigenvalue weighted by molar-refractivity contribution is 5.34. The molecule has 1 aliphatic carbocycles. The molecule has 2 rings (SSSR count). The molecule has 1 aromatic rings. The third-order valence-electron chi connectivity index (χ3n) is 1.83. The zero-order valence-corrected chi connectivity index (χ0v) is 6.26. The fraction of sp³-hybridized carbons (Fsp3) is 0.375. The lowest BCUT2D eigenvalue weighted by Crippen LogP contribution is -2.26. The first-order valence-corrected chi connectivity index (χ1v) is 3.67. The van der Waals surface area contributed by atoms with Crippen molar-refractivity contribution < 1.29 is 4.42 Å². The Hall–Kier alpha value is -1.25.